The van der Waals surface area contributed by atoms with Crippen molar-refractivity contribution in [3.63, 3.8) is 0 Å². The van der Waals surface area contributed by atoms with Gasteiger partial charge in [-0.15, -0.1) is 0 Å². The van der Waals surface area contributed by atoms with Gasteiger partial charge in [-0.1, -0.05) is 43.7 Å². The number of nitrogens with one attached hydrogen (secondary N) is 1. The van der Waals surface area contributed by atoms with E-state index in [2.05, 4.69) is 9.72 Å². The molecule has 0 saturated heterocycles. The Labute approximate surface area is 130 Å². The molecular weight excluding hydrogens is 294 g/mol. The zero-order chi connectivity index (χ0) is 15.5. The number of hydrogen-bond donors (Lipinski definition) is 2. The van der Waals surface area contributed by atoms with Gasteiger partial charge in [-0.25, -0.2) is 4.79 Å². The van der Waals surface area contributed by atoms with Crippen molar-refractivity contribution in [2.75, 3.05) is 20.3 Å². The van der Waals surface area contributed by atoms with Gasteiger partial charge in [-0.05, 0) is 12.8 Å². The Kier molecular flexibility index (Phi) is 8.94. The molecule has 120 valence electrons. The van der Waals surface area contributed by atoms with Crippen molar-refractivity contribution in [2.24, 2.45) is 0 Å². The molecule has 1 rings (SSSR count). The summed E-state index contributed by atoms with van der Waals surface area (Å²) < 4.78 is 10.2. The van der Waals surface area contributed by atoms with Gasteiger partial charge in [0.05, 0.1) is 13.7 Å². The van der Waals surface area contributed by atoms with Crippen LogP contribution < -0.4 is 4.74 Å². The van der Waals surface area contributed by atoms with Crippen LogP contribution in [-0.4, -0.2) is 36.4 Å². The number of carbonyl (C=O) groups is 1. The summed E-state index contributed by atoms with van der Waals surface area (Å²) in [4.78, 5) is 14.1. The standard InChI is InChI=1S/C15H24ClNO4/c1-20-15(19)14-13(16)12(11-17-14)21-10-8-6-4-2-3-5-7-9-18/h11,17-18H,2-10H2,1H3. The van der Waals surface area contributed by atoms with E-state index in [-0.39, 0.29) is 10.7 Å². The largest absolute Gasteiger partial charge is 0.490 e. The molecule has 5 nitrogen and oxygen atoms in total. The van der Waals surface area contributed by atoms with E-state index in [1.54, 1.807) is 6.20 Å². The van der Waals surface area contributed by atoms with Crippen LogP contribution in [0.5, 0.6) is 5.75 Å². The van der Waals surface area contributed by atoms with Crippen LogP contribution in [0.1, 0.15) is 55.4 Å². The van der Waals surface area contributed by atoms with Crippen molar-refractivity contribution >= 4 is 17.6 Å². The molecule has 0 saturated carbocycles. The van der Waals surface area contributed by atoms with Gasteiger partial charge in [0.15, 0.2) is 5.75 Å². The molecule has 0 aliphatic rings. The van der Waals surface area contributed by atoms with Gasteiger partial charge in [0.2, 0.25) is 0 Å². The Bertz CT molecular complexity index is 420. The molecule has 0 fully saturated rings. The Hall–Kier alpha value is -1.20. The summed E-state index contributed by atoms with van der Waals surface area (Å²) in [5.74, 6) is -0.0160. The summed E-state index contributed by atoms with van der Waals surface area (Å²) in [5, 5.41) is 8.93. The molecule has 2 N–H and O–H groups in total. The summed E-state index contributed by atoms with van der Waals surface area (Å²) in [7, 11) is 1.31. The van der Waals surface area contributed by atoms with Crippen LogP contribution in [0.25, 0.3) is 0 Å². The fraction of sp³-hybridized carbons (Fsp3) is 0.667. The number of esters is 1. The van der Waals surface area contributed by atoms with E-state index in [1.165, 1.54) is 26.4 Å². The molecule has 1 aromatic heterocycles. The van der Waals surface area contributed by atoms with E-state index in [0.717, 1.165) is 25.7 Å². The Morgan fingerprint density at radius 1 is 1.19 bits per heavy atom. The number of rotatable bonds is 11. The number of carbonyl (C=O) groups excluding carboxylic acids is 1. The first kappa shape index (κ1) is 17.9. The number of unbranched alkanes of at least 4 members (excludes halogenated alkanes) is 6. The highest BCUT2D eigenvalue weighted by atomic mass is 35.5. The fourth-order valence-corrected chi connectivity index (χ4v) is 2.26. The molecule has 0 aliphatic heterocycles. The van der Waals surface area contributed by atoms with Crippen molar-refractivity contribution in [1.82, 2.24) is 4.98 Å². The number of ether oxygens (including phenoxy) is 2. The highest BCUT2D eigenvalue weighted by molar-refractivity contribution is 6.34. The van der Waals surface area contributed by atoms with Crippen LogP contribution >= 0.6 is 11.6 Å². The van der Waals surface area contributed by atoms with Crippen molar-refractivity contribution in [2.45, 2.75) is 44.9 Å². The van der Waals surface area contributed by atoms with Gasteiger partial charge in [0, 0.05) is 12.8 Å². The van der Waals surface area contributed by atoms with Crippen molar-refractivity contribution in [3.8, 4) is 5.75 Å². The first-order valence-electron chi connectivity index (χ1n) is 7.39. The van der Waals surface area contributed by atoms with Crippen LogP contribution in [0.15, 0.2) is 6.20 Å². The molecule has 6 heteroatoms. The SMILES string of the molecule is COC(=O)c1[nH]cc(OCCCCCCCCCO)c1Cl. The first-order chi connectivity index (χ1) is 10.2. The average molecular weight is 318 g/mol. The van der Waals surface area contributed by atoms with E-state index in [1.807, 2.05) is 0 Å². The summed E-state index contributed by atoms with van der Waals surface area (Å²) in [6.45, 7) is 0.869. The molecule has 0 radical (unpaired) electrons. The fourth-order valence-electron chi connectivity index (χ4n) is 2.02. The minimum atomic E-state index is -0.502. The third-order valence-corrected chi connectivity index (χ3v) is 3.61. The minimum Gasteiger partial charge on any atom is -0.490 e. The number of methoxy groups -OCH3 is 1. The van der Waals surface area contributed by atoms with Crippen molar-refractivity contribution in [1.29, 1.82) is 0 Å². The number of aliphatic hydroxyl groups is 1. The molecule has 0 amide bonds. The molecule has 0 unspecified atom stereocenters. The molecule has 0 atom stereocenters. The third kappa shape index (κ3) is 6.40. The zero-order valence-electron chi connectivity index (χ0n) is 12.5. The maximum absolute atomic E-state index is 11.4. The second-order valence-electron chi connectivity index (χ2n) is 4.88. The second kappa shape index (κ2) is 10.5. The predicted molar refractivity (Wildman–Crippen MR) is 82.0 cm³/mol. The smallest absolute Gasteiger partial charge is 0.356 e. The van der Waals surface area contributed by atoms with Crippen LogP contribution in [-0.2, 0) is 4.74 Å². The summed E-state index contributed by atoms with van der Waals surface area (Å²) in [5.41, 5.74) is 0.220. The first-order valence-corrected chi connectivity index (χ1v) is 7.77. The van der Waals surface area contributed by atoms with Crippen LogP contribution in [0.2, 0.25) is 5.02 Å². The lowest BCUT2D eigenvalue weighted by atomic mass is 10.1. The lowest BCUT2D eigenvalue weighted by Gasteiger charge is -2.05. The molecule has 1 aromatic rings. The summed E-state index contributed by atoms with van der Waals surface area (Å²) >= 11 is 6.03. The Morgan fingerprint density at radius 2 is 1.81 bits per heavy atom. The molecule has 0 aromatic carbocycles. The number of hydrogen-bond acceptors (Lipinski definition) is 4. The molecular formula is C15H24ClNO4. The van der Waals surface area contributed by atoms with Crippen molar-refractivity contribution in [3.05, 3.63) is 16.9 Å². The highest BCUT2D eigenvalue weighted by Gasteiger charge is 2.17. The number of halogens is 1. The van der Waals surface area contributed by atoms with Crippen LogP contribution in [0.4, 0.5) is 0 Å². The minimum absolute atomic E-state index is 0.220. The Balaban J connectivity index is 2.13. The van der Waals surface area contributed by atoms with Gasteiger partial charge in [0.1, 0.15) is 10.7 Å². The molecule has 21 heavy (non-hydrogen) atoms. The predicted octanol–water partition coefficient (Wildman–Crippen LogP) is 3.56. The average Bonchev–Trinajstić information content (AvgIpc) is 2.86. The number of aromatic nitrogens is 1. The third-order valence-electron chi connectivity index (χ3n) is 3.23. The topological polar surface area (TPSA) is 71.6 Å². The van der Waals surface area contributed by atoms with Crippen LogP contribution in [0.3, 0.4) is 0 Å². The molecule has 0 bridgehead atoms. The molecule has 1 heterocycles. The quantitative estimate of drug-likeness (QED) is 0.483. The van der Waals surface area contributed by atoms with E-state index in [4.69, 9.17) is 21.4 Å². The zero-order valence-corrected chi connectivity index (χ0v) is 13.2. The maximum Gasteiger partial charge on any atom is 0.356 e. The number of H-pyrrole nitrogens is 1. The van der Waals surface area contributed by atoms with Crippen molar-refractivity contribution < 1.29 is 19.4 Å². The highest BCUT2D eigenvalue weighted by Crippen LogP contribution is 2.28. The molecule has 0 aliphatic carbocycles. The number of aromatic amines is 1. The maximum atomic E-state index is 11.4. The van der Waals surface area contributed by atoms with E-state index >= 15 is 0 Å². The monoisotopic (exact) mass is 317 g/mol. The van der Waals surface area contributed by atoms with Gasteiger partial charge in [-0.2, -0.15) is 0 Å². The summed E-state index contributed by atoms with van der Waals surface area (Å²) in [6, 6.07) is 0. The van der Waals surface area contributed by atoms with Gasteiger partial charge >= 0.3 is 5.97 Å². The van der Waals surface area contributed by atoms with Gasteiger partial charge in [-0.3, -0.25) is 0 Å². The molecule has 0 spiro atoms. The van der Waals surface area contributed by atoms with Crippen LogP contribution in [0, 0.1) is 0 Å². The Morgan fingerprint density at radius 3 is 2.43 bits per heavy atom. The summed E-state index contributed by atoms with van der Waals surface area (Å²) in [6.07, 6.45) is 9.16. The lowest BCUT2D eigenvalue weighted by molar-refractivity contribution is 0.0595. The van der Waals surface area contributed by atoms with E-state index in [0.29, 0.717) is 19.0 Å². The van der Waals surface area contributed by atoms with Gasteiger partial charge in [0.25, 0.3) is 0 Å². The van der Waals surface area contributed by atoms with E-state index in [9.17, 15) is 4.79 Å². The lowest BCUT2D eigenvalue weighted by Crippen LogP contribution is -2.02. The number of aliphatic hydroxyl groups excluding tert-OH is 1. The second-order valence-corrected chi connectivity index (χ2v) is 5.26. The van der Waals surface area contributed by atoms with E-state index < -0.39 is 5.97 Å². The normalized spacial score (nSPS) is 10.6. The van der Waals surface area contributed by atoms with Gasteiger partial charge < -0.3 is 19.6 Å².